The summed E-state index contributed by atoms with van der Waals surface area (Å²) >= 11 is 0. The van der Waals surface area contributed by atoms with E-state index in [1.807, 2.05) is 17.0 Å². The van der Waals surface area contributed by atoms with Crippen molar-refractivity contribution in [3.63, 3.8) is 0 Å². The van der Waals surface area contributed by atoms with Crippen molar-refractivity contribution in [2.75, 3.05) is 18.0 Å². The van der Waals surface area contributed by atoms with Crippen molar-refractivity contribution in [3.8, 4) is 6.07 Å². The number of nitrogens with two attached hydrogens (primary N) is 1. The molecule has 0 radical (unpaired) electrons. The van der Waals surface area contributed by atoms with E-state index in [1.165, 1.54) is 11.1 Å². The molecular formula is C16H19N3O. The molecule has 0 unspecified atom stereocenters. The molecule has 4 heteroatoms. The Bertz CT molecular complexity index is 584. The topological polar surface area (TPSA) is 70.1 Å². The Balaban J connectivity index is 1.89. The smallest absolute Gasteiger partial charge is 0.227 e. The molecule has 2 N–H and O–H groups in total. The zero-order chi connectivity index (χ0) is 14.2. The number of amides is 1. The number of aryl methyl sites for hydroxylation is 1. The van der Waals surface area contributed by atoms with E-state index in [9.17, 15) is 10.1 Å². The Morgan fingerprint density at radius 2 is 2.15 bits per heavy atom. The van der Waals surface area contributed by atoms with Gasteiger partial charge in [0.05, 0.1) is 11.5 Å². The lowest BCUT2D eigenvalue weighted by Gasteiger charge is -2.31. The third-order valence-corrected chi connectivity index (χ3v) is 4.33. The molecule has 1 saturated carbocycles. The zero-order valence-corrected chi connectivity index (χ0v) is 11.6. The van der Waals surface area contributed by atoms with Gasteiger partial charge in [-0.1, -0.05) is 12.1 Å². The van der Waals surface area contributed by atoms with Crippen molar-refractivity contribution >= 4 is 11.6 Å². The number of benzene rings is 1. The third kappa shape index (κ3) is 2.30. The highest BCUT2D eigenvalue weighted by Crippen LogP contribution is 2.47. The number of nitrogens with zero attached hydrogens (tertiary/aromatic N) is 2. The number of carbonyl (C=O) groups is 1. The van der Waals surface area contributed by atoms with Crippen LogP contribution in [0.15, 0.2) is 18.2 Å². The highest BCUT2D eigenvalue weighted by molar-refractivity contribution is 5.96. The van der Waals surface area contributed by atoms with Crippen LogP contribution in [0.4, 0.5) is 5.69 Å². The minimum absolute atomic E-state index is 0.144. The lowest BCUT2D eigenvalue weighted by Crippen LogP contribution is -2.39. The lowest BCUT2D eigenvalue weighted by molar-refractivity contribution is -0.119. The second kappa shape index (κ2) is 4.92. The monoisotopic (exact) mass is 269 g/mol. The number of fused-ring (bicyclic) bond motifs is 1. The number of hydrogen-bond acceptors (Lipinski definition) is 3. The summed E-state index contributed by atoms with van der Waals surface area (Å²) in [7, 11) is 0. The Morgan fingerprint density at radius 3 is 2.80 bits per heavy atom. The van der Waals surface area contributed by atoms with Crippen LogP contribution in [0.3, 0.4) is 0 Å². The number of anilines is 1. The molecule has 0 aromatic heterocycles. The molecular weight excluding hydrogens is 250 g/mol. The predicted molar refractivity (Wildman–Crippen MR) is 77.2 cm³/mol. The zero-order valence-electron chi connectivity index (χ0n) is 11.6. The fourth-order valence-electron chi connectivity index (χ4n) is 2.87. The number of hydrogen-bond donors (Lipinski definition) is 1. The van der Waals surface area contributed by atoms with Gasteiger partial charge in [0.15, 0.2) is 0 Å². The molecule has 1 amide bonds. The van der Waals surface area contributed by atoms with E-state index in [2.05, 4.69) is 12.1 Å². The molecule has 0 bridgehead atoms. The van der Waals surface area contributed by atoms with E-state index in [1.54, 1.807) is 0 Å². The van der Waals surface area contributed by atoms with Crippen LogP contribution in [-0.2, 0) is 17.6 Å². The highest BCUT2D eigenvalue weighted by Gasteiger charge is 2.46. The van der Waals surface area contributed by atoms with Crippen LogP contribution in [0.25, 0.3) is 0 Å². The van der Waals surface area contributed by atoms with Gasteiger partial charge in [-0.3, -0.25) is 4.79 Å². The number of carbonyl (C=O) groups excluding carboxylic acids is 1. The highest BCUT2D eigenvalue weighted by atomic mass is 16.2. The van der Waals surface area contributed by atoms with Gasteiger partial charge in [0.2, 0.25) is 5.91 Å². The molecule has 0 saturated heterocycles. The normalized spacial score (nSPS) is 19.4. The molecule has 2 aliphatic rings. The first kappa shape index (κ1) is 13.1. The predicted octanol–water partition coefficient (Wildman–Crippen LogP) is 1.77. The summed E-state index contributed by atoms with van der Waals surface area (Å²) in [6, 6.07) is 8.60. The van der Waals surface area contributed by atoms with Crippen molar-refractivity contribution in [1.82, 2.24) is 0 Å². The molecule has 3 rings (SSSR count). The molecule has 1 aliphatic carbocycles. The Hall–Kier alpha value is -1.86. The SMILES string of the molecule is N#CC1(CN2C(=O)CCc3cc(CCN)ccc32)CC1. The summed E-state index contributed by atoms with van der Waals surface area (Å²) in [6.45, 7) is 1.19. The lowest BCUT2D eigenvalue weighted by atomic mass is 9.96. The van der Waals surface area contributed by atoms with Crippen molar-refractivity contribution < 1.29 is 4.79 Å². The Kier molecular flexibility index (Phi) is 3.23. The van der Waals surface area contributed by atoms with Crippen LogP contribution in [0, 0.1) is 16.7 Å². The average Bonchev–Trinajstić information content (AvgIpc) is 3.23. The summed E-state index contributed by atoms with van der Waals surface area (Å²) in [4.78, 5) is 14.0. The first-order valence-electron chi connectivity index (χ1n) is 7.21. The number of rotatable bonds is 4. The van der Waals surface area contributed by atoms with Crippen LogP contribution in [0.5, 0.6) is 0 Å². The second-order valence-corrected chi connectivity index (χ2v) is 5.87. The van der Waals surface area contributed by atoms with Gasteiger partial charge >= 0.3 is 0 Å². The van der Waals surface area contributed by atoms with Crippen LogP contribution in [-0.4, -0.2) is 19.0 Å². The van der Waals surface area contributed by atoms with E-state index >= 15 is 0 Å². The minimum atomic E-state index is -0.291. The molecule has 104 valence electrons. The van der Waals surface area contributed by atoms with Gasteiger partial charge in [-0.2, -0.15) is 5.26 Å². The molecule has 0 spiro atoms. The summed E-state index contributed by atoms with van der Waals surface area (Å²) in [6.07, 6.45) is 4.02. The van der Waals surface area contributed by atoms with E-state index in [4.69, 9.17) is 5.73 Å². The van der Waals surface area contributed by atoms with Gasteiger partial charge in [0.1, 0.15) is 0 Å². The number of nitriles is 1. The van der Waals surface area contributed by atoms with Gasteiger partial charge in [-0.15, -0.1) is 0 Å². The van der Waals surface area contributed by atoms with Crippen LogP contribution >= 0.6 is 0 Å². The quantitative estimate of drug-likeness (QED) is 0.905. The fraction of sp³-hybridized carbons (Fsp3) is 0.500. The Morgan fingerprint density at radius 1 is 1.35 bits per heavy atom. The maximum absolute atomic E-state index is 12.2. The molecule has 1 aromatic rings. The summed E-state index contributed by atoms with van der Waals surface area (Å²) in [5.74, 6) is 0.144. The summed E-state index contributed by atoms with van der Waals surface area (Å²) in [5.41, 5.74) is 8.73. The van der Waals surface area contributed by atoms with Crippen LogP contribution in [0.1, 0.15) is 30.4 Å². The van der Waals surface area contributed by atoms with E-state index in [0.29, 0.717) is 19.5 Å². The maximum Gasteiger partial charge on any atom is 0.227 e. The van der Waals surface area contributed by atoms with Crippen molar-refractivity contribution in [2.24, 2.45) is 11.1 Å². The largest absolute Gasteiger partial charge is 0.330 e. The van der Waals surface area contributed by atoms with Crippen molar-refractivity contribution in [2.45, 2.75) is 32.1 Å². The molecule has 1 aliphatic heterocycles. The second-order valence-electron chi connectivity index (χ2n) is 5.87. The van der Waals surface area contributed by atoms with Gasteiger partial charge < -0.3 is 10.6 Å². The molecule has 0 atom stereocenters. The first-order valence-corrected chi connectivity index (χ1v) is 7.21. The van der Waals surface area contributed by atoms with Gasteiger partial charge in [-0.25, -0.2) is 0 Å². The van der Waals surface area contributed by atoms with Crippen LogP contribution < -0.4 is 10.6 Å². The first-order chi connectivity index (χ1) is 9.67. The van der Waals surface area contributed by atoms with E-state index < -0.39 is 0 Å². The van der Waals surface area contributed by atoms with Gasteiger partial charge in [0, 0.05) is 18.7 Å². The summed E-state index contributed by atoms with van der Waals surface area (Å²) in [5, 5.41) is 9.23. The van der Waals surface area contributed by atoms with Crippen molar-refractivity contribution in [1.29, 1.82) is 5.26 Å². The Labute approximate surface area is 119 Å². The molecule has 1 aromatic carbocycles. The van der Waals surface area contributed by atoms with Gasteiger partial charge in [-0.05, 0) is 49.4 Å². The van der Waals surface area contributed by atoms with E-state index in [0.717, 1.165) is 31.4 Å². The molecule has 20 heavy (non-hydrogen) atoms. The van der Waals surface area contributed by atoms with Crippen molar-refractivity contribution in [3.05, 3.63) is 29.3 Å². The molecule has 1 fully saturated rings. The van der Waals surface area contributed by atoms with Gasteiger partial charge in [0.25, 0.3) is 0 Å². The van der Waals surface area contributed by atoms with Crippen LogP contribution in [0.2, 0.25) is 0 Å². The minimum Gasteiger partial charge on any atom is -0.330 e. The average molecular weight is 269 g/mol. The molecule has 1 heterocycles. The fourth-order valence-corrected chi connectivity index (χ4v) is 2.87. The summed E-state index contributed by atoms with van der Waals surface area (Å²) < 4.78 is 0. The standard InChI is InChI=1S/C16H19N3O/c17-8-5-12-1-3-14-13(9-12)2-4-15(20)19(14)11-16(10-18)6-7-16/h1,3,9H,2,4-8,11,17H2. The van der Waals surface area contributed by atoms with E-state index in [-0.39, 0.29) is 11.3 Å². The third-order valence-electron chi connectivity index (χ3n) is 4.33. The molecule has 4 nitrogen and oxygen atoms in total. The maximum atomic E-state index is 12.2.